The first-order valence-electron chi connectivity index (χ1n) is 14.1. The predicted molar refractivity (Wildman–Crippen MR) is 152 cm³/mol. The molecule has 2 aromatic heterocycles. The second kappa shape index (κ2) is 12.2. The zero-order valence-corrected chi connectivity index (χ0v) is 23.8. The molecule has 0 bridgehead atoms. The zero-order valence-electron chi connectivity index (χ0n) is 23.8. The summed E-state index contributed by atoms with van der Waals surface area (Å²) in [6.07, 6.45) is 9.62. The topological polar surface area (TPSA) is 107 Å². The van der Waals surface area contributed by atoms with Crippen molar-refractivity contribution in [2.75, 3.05) is 13.7 Å². The molecule has 5 rings (SSSR count). The lowest BCUT2D eigenvalue weighted by Crippen LogP contribution is -2.54. The molecule has 3 heterocycles. The van der Waals surface area contributed by atoms with E-state index in [9.17, 15) is 4.79 Å². The Morgan fingerprint density at radius 3 is 2.62 bits per heavy atom. The van der Waals surface area contributed by atoms with Crippen LogP contribution in [0.4, 0.5) is 5.69 Å². The summed E-state index contributed by atoms with van der Waals surface area (Å²) >= 11 is 0. The van der Waals surface area contributed by atoms with E-state index < -0.39 is 0 Å². The smallest absolute Gasteiger partial charge is 0.252 e. The van der Waals surface area contributed by atoms with Crippen LogP contribution in [0.25, 0.3) is 0 Å². The fourth-order valence-electron chi connectivity index (χ4n) is 5.41. The van der Waals surface area contributed by atoms with Crippen molar-refractivity contribution in [2.45, 2.75) is 77.4 Å². The number of methoxy groups -OCH3 is 1. The Morgan fingerprint density at radius 2 is 1.93 bits per heavy atom. The molecule has 3 aromatic rings. The van der Waals surface area contributed by atoms with Gasteiger partial charge in [-0.1, -0.05) is 63.4 Å². The van der Waals surface area contributed by atoms with Crippen LogP contribution < -0.4 is 10.1 Å². The van der Waals surface area contributed by atoms with Crippen molar-refractivity contribution >= 4 is 17.6 Å². The highest BCUT2D eigenvalue weighted by molar-refractivity contribution is 5.99. The maximum atomic E-state index is 12.7. The molecule has 0 radical (unpaired) electrons. The Labute approximate surface area is 235 Å². The molecule has 10 nitrogen and oxygen atoms in total. The Morgan fingerprint density at radius 1 is 1.15 bits per heavy atom. The van der Waals surface area contributed by atoms with Crippen LogP contribution in [0.1, 0.15) is 64.1 Å². The van der Waals surface area contributed by atoms with Gasteiger partial charge >= 0.3 is 0 Å². The van der Waals surface area contributed by atoms with E-state index in [1.807, 2.05) is 47.3 Å². The van der Waals surface area contributed by atoms with E-state index in [1.54, 1.807) is 6.20 Å². The number of hydrogen-bond donors (Lipinski definition) is 1. The average Bonchev–Trinajstić information content (AvgIpc) is 3.42. The number of hydrogen-bond acceptors (Lipinski definition) is 8. The van der Waals surface area contributed by atoms with Gasteiger partial charge < -0.3 is 14.4 Å². The molecule has 1 amide bonds. The standard InChI is InChI=1S/C30H39N7O3/c1-30(2,3)26-19-36(35-34-26)18-25(21-11-7-5-8-12-21)37-17-22-15-28(40-23-13-9-6-10-14-23)31-16-24(22)32-29(37)33-27(38)20-39-4/h6,9-10,13-16,19,21,25H,5,7-8,11-12,17-18,20H2,1-4H3,(H,32,33,38)/t25-/m0/s1. The van der Waals surface area contributed by atoms with Crippen LogP contribution in [0.3, 0.4) is 0 Å². The molecule has 0 spiro atoms. The summed E-state index contributed by atoms with van der Waals surface area (Å²) in [6.45, 7) is 7.56. The summed E-state index contributed by atoms with van der Waals surface area (Å²) in [4.78, 5) is 24.3. The van der Waals surface area contributed by atoms with Gasteiger partial charge in [0.1, 0.15) is 12.4 Å². The maximum absolute atomic E-state index is 12.7. The van der Waals surface area contributed by atoms with Gasteiger partial charge in [-0.2, -0.15) is 0 Å². The fourth-order valence-corrected chi connectivity index (χ4v) is 5.41. The highest BCUT2D eigenvalue weighted by Crippen LogP contribution is 2.35. The molecule has 1 aliphatic carbocycles. The van der Waals surface area contributed by atoms with Crippen molar-refractivity contribution in [1.29, 1.82) is 0 Å². The number of ether oxygens (including phenoxy) is 2. The first kappa shape index (κ1) is 27.8. The molecule has 1 N–H and O–H groups in total. The molecular weight excluding hydrogens is 506 g/mol. The number of guanidine groups is 1. The minimum Gasteiger partial charge on any atom is -0.439 e. The van der Waals surface area contributed by atoms with Crippen molar-refractivity contribution in [3.05, 3.63) is 60.0 Å². The first-order valence-corrected chi connectivity index (χ1v) is 14.1. The lowest BCUT2D eigenvalue weighted by atomic mass is 9.83. The molecular formula is C30H39N7O3. The molecule has 2 aliphatic rings. The first-order chi connectivity index (χ1) is 19.3. The van der Waals surface area contributed by atoms with Crippen molar-refractivity contribution in [3.8, 4) is 11.6 Å². The van der Waals surface area contributed by atoms with Crippen LogP contribution in [-0.4, -0.2) is 56.5 Å². The van der Waals surface area contributed by atoms with Crippen molar-refractivity contribution in [3.63, 3.8) is 0 Å². The number of nitrogens with one attached hydrogen (secondary N) is 1. The van der Waals surface area contributed by atoms with Gasteiger partial charge in [0, 0.05) is 36.9 Å². The minimum absolute atomic E-state index is 0.0477. The largest absolute Gasteiger partial charge is 0.439 e. The molecule has 1 aliphatic heterocycles. The normalized spacial score (nSPS) is 16.7. The third-order valence-electron chi connectivity index (χ3n) is 7.55. The zero-order chi connectivity index (χ0) is 28.1. The predicted octanol–water partition coefficient (Wildman–Crippen LogP) is 4.98. The number of carbonyl (C=O) groups excluding carboxylic acids is 1. The van der Waals surface area contributed by atoms with Crippen LogP contribution in [-0.2, 0) is 28.0 Å². The minimum atomic E-state index is -0.246. The van der Waals surface area contributed by atoms with Gasteiger partial charge in [0.15, 0.2) is 0 Å². The van der Waals surface area contributed by atoms with Crippen LogP contribution in [0, 0.1) is 5.92 Å². The number of pyridine rings is 1. The third kappa shape index (κ3) is 6.67. The van der Waals surface area contributed by atoms with Crippen molar-refractivity contribution in [2.24, 2.45) is 10.9 Å². The van der Waals surface area contributed by atoms with E-state index in [4.69, 9.17) is 14.5 Å². The molecule has 40 heavy (non-hydrogen) atoms. The van der Waals surface area contributed by atoms with Gasteiger partial charge in [-0.25, -0.2) is 9.98 Å². The van der Waals surface area contributed by atoms with Crippen LogP contribution >= 0.6 is 0 Å². The molecule has 0 unspecified atom stereocenters. The van der Waals surface area contributed by atoms with E-state index in [-0.39, 0.29) is 24.0 Å². The van der Waals surface area contributed by atoms with E-state index in [1.165, 1.54) is 26.4 Å². The van der Waals surface area contributed by atoms with Gasteiger partial charge in [0.05, 0.1) is 30.2 Å². The van der Waals surface area contributed by atoms with E-state index >= 15 is 0 Å². The van der Waals surface area contributed by atoms with Crippen LogP contribution in [0.2, 0.25) is 0 Å². The van der Waals surface area contributed by atoms with Gasteiger partial charge in [-0.15, -0.1) is 5.10 Å². The number of fused-ring (bicyclic) bond motifs is 1. The van der Waals surface area contributed by atoms with Crippen molar-refractivity contribution in [1.82, 2.24) is 30.2 Å². The summed E-state index contributed by atoms with van der Waals surface area (Å²) < 4.78 is 13.1. The number of amides is 1. The monoisotopic (exact) mass is 545 g/mol. The Kier molecular flexibility index (Phi) is 8.44. The second-order valence-electron chi connectivity index (χ2n) is 11.7. The molecule has 10 heteroatoms. The van der Waals surface area contributed by atoms with Crippen molar-refractivity contribution < 1.29 is 14.3 Å². The number of rotatable bonds is 8. The van der Waals surface area contributed by atoms with Crippen LogP contribution in [0.5, 0.6) is 11.6 Å². The highest BCUT2D eigenvalue weighted by atomic mass is 16.5. The van der Waals surface area contributed by atoms with Crippen LogP contribution in [0.15, 0.2) is 53.8 Å². The quantitative estimate of drug-likeness (QED) is 0.426. The lowest BCUT2D eigenvalue weighted by Gasteiger charge is -2.42. The number of aliphatic imine (C=N–C) groups is 1. The van der Waals surface area contributed by atoms with Gasteiger partial charge in [0.25, 0.3) is 5.91 Å². The summed E-state index contributed by atoms with van der Waals surface area (Å²) in [5, 5.41) is 12.0. The van der Waals surface area contributed by atoms with Gasteiger partial charge in [0.2, 0.25) is 11.8 Å². The lowest BCUT2D eigenvalue weighted by molar-refractivity contribution is -0.123. The molecule has 1 atom stereocenters. The number of nitrogens with zero attached hydrogens (tertiary/aromatic N) is 6. The summed E-state index contributed by atoms with van der Waals surface area (Å²) in [5.41, 5.74) is 2.56. The Bertz CT molecular complexity index is 1330. The average molecular weight is 546 g/mol. The maximum Gasteiger partial charge on any atom is 0.252 e. The van der Waals surface area contributed by atoms with E-state index in [2.05, 4.69) is 46.3 Å². The highest BCUT2D eigenvalue weighted by Gasteiger charge is 2.35. The number of benzene rings is 1. The summed E-state index contributed by atoms with van der Waals surface area (Å²) in [7, 11) is 1.51. The van der Waals surface area contributed by atoms with Gasteiger partial charge in [-0.3, -0.25) is 14.8 Å². The Balaban J connectivity index is 1.49. The molecule has 0 saturated heterocycles. The molecule has 1 aromatic carbocycles. The number of aromatic nitrogens is 4. The van der Waals surface area contributed by atoms with Gasteiger partial charge in [-0.05, 0) is 30.9 Å². The number of carbonyl (C=O) groups is 1. The molecule has 212 valence electrons. The second-order valence-corrected chi connectivity index (χ2v) is 11.7. The Hall–Kier alpha value is -3.79. The summed E-state index contributed by atoms with van der Waals surface area (Å²) in [5.74, 6) is 1.92. The third-order valence-corrected chi connectivity index (χ3v) is 7.55. The van der Waals surface area contributed by atoms with E-state index in [0.717, 1.165) is 29.8 Å². The SMILES string of the molecule is COCC(=O)NC1=Nc2cnc(Oc3ccccc3)cc2CN1[C@@H](Cn1cc(C(C)(C)C)nn1)C1CCCCC1. The number of para-hydroxylation sites is 1. The molecule has 1 saturated carbocycles. The van der Waals surface area contributed by atoms with E-state index in [0.29, 0.717) is 36.5 Å². The molecule has 1 fully saturated rings. The fraction of sp³-hybridized carbons (Fsp3) is 0.500. The summed E-state index contributed by atoms with van der Waals surface area (Å²) in [6, 6.07) is 11.6.